The van der Waals surface area contributed by atoms with Gasteiger partial charge in [0.25, 0.3) is 0 Å². The zero-order valence-corrected chi connectivity index (χ0v) is 15.7. The monoisotopic (exact) mass is 358 g/mol. The lowest BCUT2D eigenvalue weighted by atomic mass is 9.95. The number of ether oxygens (including phenoxy) is 1. The minimum Gasteiger partial charge on any atom is -0.374 e. The molecule has 1 N–H and O–H groups in total. The van der Waals surface area contributed by atoms with Gasteiger partial charge in [-0.1, -0.05) is 20.8 Å². The van der Waals surface area contributed by atoms with E-state index in [0.29, 0.717) is 23.4 Å². The summed E-state index contributed by atoms with van der Waals surface area (Å²) < 4.78 is 33.8. The van der Waals surface area contributed by atoms with Crippen LogP contribution in [-0.4, -0.2) is 51.7 Å². The number of hydrogen-bond acceptors (Lipinski definition) is 5. The maximum atomic E-state index is 12.5. The van der Waals surface area contributed by atoms with Crippen LogP contribution in [0, 0.1) is 0 Å². The number of nitrogens with zero attached hydrogens (tertiary/aromatic N) is 1. The van der Waals surface area contributed by atoms with Gasteiger partial charge in [0.2, 0.25) is 10.0 Å². The molecule has 1 aromatic rings. The van der Waals surface area contributed by atoms with Gasteiger partial charge in [0.05, 0.1) is 12.7 Å². The summed E-state index contributed by atoms with van der Waals surface area (Å²) in [6.07, 6.45) is 2.48. The van der Waals surface area contributed by atoms with E-state index in [0.717, 1.165) is 18.0 Å². The molecule has 0 aromatic carbocycles. The van der Waals surface area contributed by atoms with Crippen LogP contribution < -0.4 is 4.72 Å². The van der Waals surface area contributed by atoms with Crippen LogP contribution in [0.5, 0.6) is 0 Å². The molecule has 0 unspecified atom stereocenters. The van der Waals surface area contributed by atoms with Gasteiger partial charge in [-0.3, -0.25) is 4.90 Å². The van der Waals surface area contributed by atoms with Crippen molar-refractivity contribution in [1.82, 2.24) is 9.62 Å². The zero-order chi connectivity index (χ0) is 16.7. The summed E-state index contributed by atoms with van der Waals surface area (Å²) in [5, 5.41) is 0. The Kier molecular flexibility index (Phi) is 4.86. The summed E-state index contributed by atoms with van der Waals surface area (Å²) in [4.78, 5) is 3.50. The first-order valence-electron chi connectivity index (χ1n) is 8.21. The van der Waals surface area contributed by atoms with E-state index in [4.69, 9.17) is 4.74 Å². The SMILES string of the molecule is CC(C)(C)c1ccc(S(=O)(=O)NC[C@@H]2CN(C3CC3)CCO2)s1. The van der Waals surface area contributed by atoms with Crippen LogP contribution in [0.3, 0.4) is 0 Å². The molecule has 1 atom stereocenters. The smallest absolute Gasteiger partial charge is 0.250 e. The third-order valence-electron chi connectivity index (χ3n) is 4.32. The summed E-state index contributed by atoms with van der Waals surface area (Å²) in [6, 6.07) is 4.31. The fourth-order valence-corrected chi connectivity index (χ4v) is 5.25. The van der Waals surface area contributed by atoms with Crippen molar-refractivity contribution in [2.24, 2.45) is 0 Å². The summed E-state index contributed by atoms with van der Waals surface area (Å²) >= 11 is 1.35. The van der Waals surface area contributed by atoms with E-state index >= 15 is 0 Å². The Morgan fingerprint density at radius 1 is 1.35 bits per heavy atom. The van der Waals surface area contributed by atoms with E-state index in [2.05, 4.69) is 30.4 Å². The Morgan fingerprint density at radius 2 is 2.09 bits per heavy atom. The third kappa shape index (κ3) is 4.33. The minimum absolute atomic E-state index is 0.0321. The molecular formula is C16H26N2O3S2. The van der Waals surface area contributed by atoms with Gasteiger partial charge in [-0.15, -0.1) is 11.3 Å². The van der Waals surface area contributed by atoms with Gasteiger partial charge >= 0.3 is 0 Å². The highest BCUT2D eigenvalue weighted by molar-refractivity contribution is 7.91. The second-order valence-electron chi connectivity index (χ2n) is 7.44. The van der Waals surface area contributed by atoms with E-state index < -0.39 is 10.0 Å². The maximum Gasteiger partial charge on any atom is 0.250 e. The molecule has 0 radical (unpaired) electrons. The zero-order valence-electron chi connectivity index (χ0n) is 14.0. The van der Waals surface area contributed by atoms with Crippen LogP contribution in [0.15, 0.2) is 16.3 Å². The number of morpholine rings is 1. The number of sulfonamides is 1. The number of rotatable bonds is 5. The summed E-state index contributed by atoms with van der Waals surface area (Å²) in [5.74, 6) is 0. The molecule has 23 heavy (non-hydrogen) atoms. The largest absolute Gasteiger partial charge is 0.374 e. The van der Waals surface area contributed by atoms with Crippen LogP contribution in [0.25, 0.3) is 0 Å². The Bertz CT molecular complexity index is 645. The van der Waals surface area contributed by atoms with Gasteiger partial charge in [-0.05, 0) is 30.4 Å². The van der Waals surface area contributed by atoms with Crippen molar-refractivity contribution in [3.05, 3.63) is 17.0 Å². The van der Waals surface area contributed by atoms with Crippen LogP contribution in [-0.2, 0) is 20.2 Å². The van der Waals surface area contributed by atoms with Crippen LogP contribution in [0.4, 0.5) is 0 Å². The molecular weight excluding hydrogens is 332 g/mol. The van der Waals surface area contributed by atoms with Crippen LogP contribution in [0.1, 0.15) is 38.5 Å². The van der Waals surface area contributed by atoms with Gasteiger partial charge < -0.3 is 4.74 Å². The molecule has 1 aliphatic heterocycles. The van der Waals surface area contributed by atoms with Gasteiger partial charge in [0.1, 0.15) is 4.21 Å². The van der Waals surface area contributed by atoms with E-state index in [9.17, 15) is 8.42 Å². The fraction of sp³-hybridized carbons (Fsp3) is 0.750. The molecule has 0 bridgehead atoms. The van der Waals surface area contributed by atoms with Crippen molar-refractivity contribution in [3.8, 4) is 0 Å². The van der Waals surface area contributed by atoms with Gasteiger partial charge in [-0.25, -0.2) is 13.1 Å². The van der Waals surface area contributed by atoms with Crippen molar-refractivity contribution < 1.29 is 13.2 Å². The van der Waals surface area contributed by atoms with Crippen molar-refractivity contribution in [1.29, 1.82) is 0 Å². The lowest BCUT2D eigenvalue weighted by molar-refractivity contribution is -0.0277. The molecule has 3 rings (SSSR count). The molecule has 0 spiro atoms. The first-order chi connectivity index (χ1) is 10.8. The predicted octanol–water partition coefficient (Wildman–Crippen LogP) is 2.19. The van der Waals surface area contributed by atoms with Crippen molar-refractivity contribution in [2.75, 3.05) is 26.2 Å². The third-order valence-corrected chi connectivity index (χ3v) is 7.75. The van der Waals surface area contributed by atoms with Gasteiger partial charge in [0, 0.05) is 30.6 Å². The number of hydrogen-bond donors (Lipinski definition) is 1. The second-order valence-corrected chi connectivity index (χ2v) is 10.5. The Balaban J connectivity index is 1.59. The molecule has 0 amide bonds. The molecule has 1 saturated carbocycles. The highest BCUT2D eigenvalue weighted by atomic mass is 32.2. The molecule has 1 aromatic heterocycles. The Labute approximate surface area is 143 Å². The van der Waals surface area contributed by atoms with E-state index in [1.165, 1.54) is 24.2 Å². The normalized spacial score (nSPS) is 24.0. The molecule has 2 heterocycles. The number of thiophene rings is 1. The van der Waals surface area contributed by atoms with Gasteiger partial charge in [0.15, 0.2) is 0 Å². The second kappa shape index (κ2) is 6.44. The molecule has 2 fully saturated rings. The number of nitrogens with one attached hydrogen (secondary N) is 1. The summed E-state index contributed by atoms with van der Waals surface area (Å²) in [7, 11) is -3.45. The highest BCUT2D eigenvalue weighted by Crippen LogP contribution is 2.32. The Morgan fingerprint density at radius 3 is 2.70 bits per heavy atom. The summed E-state index contributed by atoms with van der Waals surface area (Å²) in [5.41, 5.74) is -0.0321. The van der Waals surface area contributed by atoms with Crippen molar-refractivity contribution in [2.45, 2.75) is 55.4 Å². The molecule has 1 aliphatic carbocycles. The van der Waals surface area contributed by atoms with E-state index in [1.54, 1.807) is 6.07 Å². The fourth-order valence-electron chi connectivity index (χ4n) is 2.78. The maximum absolute atomic E-state index is 12.5. The predicted molar refractivity (Wildman–Crippen MR) is 92.5 cm³/mol. The highest BCUT2D eigenvalue weighted by Gasteiger charge is 2.33. The molecule has 1 saturated heterocycles. The van der Waals surface area contributed by atoms with Crippen LogP contribution >= 0.6 is 11.3 Å². The molecule has 7 heteroatoms. The lowest BCUT2D eigenvalue weighted by Crippen LogP contribution is -2.48. The standard InChI is InChI=1S/C16H26N2O3S2/c1-16(2,3)14-6-7-15(22-14)23(19,20)17-10-13-11-18(8-9-21-13)12-4-5-12/h6-7,12-13,17H,4-5,8-11H2,1-3H3/t13-/m1/s1. The van der Waals surface area contributed by atoms with Crippen LogP contribution in [0.2, 0.25) is 0 Å². The average molecular weight is 359 g/mol. The first-order valence-corrected chi connectivity index (χ1v) is 10.5. The quantitative estimate of drug-likeness (QED) is 0.876. The van der Waals surface area contributed by atoms with E-state index in [-0.39, 0.29) is 11.5 Å². The van der Waals surface area contributed by atoms with Gasteiger partial charge in [-0.2, -0.15) is 0 Å². The molecule has 130 valence electrons. The lowest BCUT2D eigenvalue weighted by Gasteiger charge is -2.32. The first kappa shape index (κ1) is 17.4. The van der Waals surface area contributed by atoms with E-state index in [1.807, 2.05) is 6.07 Å². The minimum atomic E-state index is -3.45. The molecule has 5 nitrogen and oxygen atoms in total. The molecule has 2 aliphatic rings. The Hall–Kier alpha value is -0.470. The van der Waals surface area contributed by atoms with Crippen molar-refractivity contribution in [3.63, 3.8) is 0 Å². The van der Waals surface area contributed by atoms with Crippen molar-refractivity contribution >= 4 is 21.4 Å². The average Bonchev–Trinajstić information content (AvgIpc) is 3.20. The topological polar surface area (TPSA) is 58.6 Å². The summed E-state index contributed by atoms with van der Waals surface area (Å²) in [6.45, 7) is 9.09.